The van der Waals surface area contributed by atoms with Crippen LogP contribution in [0.3, 0.4) is 0 Å². The van der Waals surface area contributed by atoms with Gasteiger partial charge in [0.1, 0.15) is 0 Å². The van der Waals surface area contributed by atoms with Gasteiger partial charge in [0.05, 0.1) is 11.6 Å². The van der Waals surface area contributed by atoms with Crippen molar-refractivity contribution in [3.8, 4) is 0 Å². The number of aromatic nitrogens is 1. The zero-order chi connectivity index (χ0) is 16.5. The van der Waals surface area contributed by atoms with E-state index in [1.54, 1.807) is 11.3 Å². The smallest absolute Gasteiger partial charge is 0.315 e. The summed E-state index contributed by atoms with van der Waals surface area (Å²) in [5.74, 6) is 0. The molecule has 0 atom stereocenters. The molecule has 0 radical (unpaired) electrons. The molecule has 2 amide bonds. The fraction of sp³-hybridized carbons (Fsp3) is 0.412. The van der Waals surface area contributed by atoms with Gasteiger partial charge in [0.15, 0.2) is 0 Å². The lowest BCUT2D eigenvalue weighted by Crippen LogP contribution is -2.35. The van der Waals surface area contributed by atoms with E-state index in [9.17, 15) is 9.90 Å². The number of aliphatic hydroxyl groups is 1. The summed E-state index contributed by atoms with van der Waals surface area (Å²) in [6.07, 6.45) is 2.91. The summed E-state index contributed by atoms with van der Waals surface area (Å²) in [6.45, 7) is 3.05. The molecule has 2 aromatic rings. The second kappa shape index (κ2) is 9.27. The van der Waals surface area contributed by atoms with Gasteiger partial charge in [-0.1, -0.05) is 24.3 Å². The highest BCUT2D eigenvalue weighted by atomic mass is 32.1. The zero-order valence-electron chi connectivity index (χ0n) is 13.3. The fourth-order valence-corrected chi connectivity index (χ4v) is 3.06. The molecule has 0 fully saturated rings. The van der Waals surface area contributed by atoms with Crippen LogP contribution in [0.1, 0.15) is 34.7 Å². The lowest BCUT2D eigenvalue weighted by Gasteiger charge is -2.10. The Balaban J connectivity index is 1.60. The average Bonchev–Trinajstić information content (AvgIpc) is 2.98. The molecule has 0 saturated heterocycles. The minimum Gasteiger partial charge on any atom is -0.392 e. The summed E-state index contributed by atoms with van der Waals surface area (Å²) in [7, 11) is 0. The molecule has 0 saturated carbocycles. The lowest BCUT2D eigenvalue weighted by molar-refractivity contribution is 0.240. The van der Waals surface area contributed by atoms with Crippen LogP contribution in [0.15, 0.2) is 29.6 Å². The van der Waals surface area contributed by atoms with E-state index in [-0.39, 0.29) is 12.6 Å². The van der Waals surface area contributed by atoms with Gasteiger partial charge >= 0.3 is 6.03 Å². The molecule has 0 aliphatic rings. The molecule has 0 bridgehead atoms. The molecule has 5 nitrogen and oxygen atoms in total. The van der Waals surface area contributed by atoms with Crippen molar-refractivity contribution in [2.75, 3.05) is 6.54 Å². The van der Waals surface area contributed by atoms with Crippen LogP contribution >= 0.6 is 11.3 Å². The molecule has 0 aliphatic heterocycles. The van der Waals surface area contributed by atoms with Gasteiger partial charge < -0.3 is 15.7 Å². The Kier molecular flexibility index (Phi) is 7.03. The van der Waals surface area contributed by atoms with Crippen LogP contribution in [0.5, 0.6) is 0 Å². The van der Waals surface area contributed by atoms with Gasteiger partial charge in [0.2, 0.25) is 0 Å². The third-order valence-electron chi connectivity index (χ3n) is 3.50. The number of nitrogens with one attached hydrogen (secondary N) is 2. The fourth-order valence-electron chi connectivity index (χ4n) is 2.24. The number of hydrogen-bond donors (Lipinski definition) is 3. The molecule has 1 aromatic carbocycles. The Morgan fingerprint density at radius 3 is 2.70 bits per heavy atom. The third-order valence-corrected chi connectivity index (χ3v) is 4.52. The summed E-state index contributed by atoms with van der Waals surface area (Å²) >= 11 is 1.69. The van der Waals surface area contributed by atoms with E-state index < -0.39 is 0 Å². The molecule has 6 heteroatoms. The van der Waals surface area contributed by atoms with E-state index in [1.165, 1.54) is 0 Å². The van der Waals surface area contributed by atoms with Gasteiger partial charge in [-0.3, -0.25) is 0 Å². The van der Waals surface area contributed by atoms with Crippen molar-refractivity contribution < 1.29 is 9.90 Å². The Bertz CT molecular complexity index is 628. The van der Waals surface area contributed by atoms with Crippen LogP contribution in [-0.2, 0) is 19.6 Å². The van der Waals surface area contributed by atoms with Crippen molar-refractivity contribution in [3.63, 3.8) is 0 Å². The number of carbonyl (C=O) groups is 1. The van der Waals surface area contributed by atoms with Gasteiger partial charge in [-0.25, -0.2) is 9.78 Å². The standard InChI is InChI=1S/C17H23N3O2S/c1-13-12-23-16(20-13)8-4-5-9-18-17(22)19-10-14-6-2-3-7-15(14)11-21/h2-3,6-7,12,21H,4-5,8-11H2,1H3,(H2,18,19,22). The summed E-state index contributed by atoms with van der Waals surface area (Å²) < 4.78 is 0. The van der Waals surface area contributed by atoms with Crippen LogP contribution < -0.4 is 10.6 Å². The van der Waals surface area contributed by atoms with Crippen LogP contribution in [-0.4, -0.2) is 22.7 Å². The van der Waals surface area contributed by atoms with Crippen molar-refractivity contribution >= 4 is 17.4 Å². The monoisotopic (exact) mass is 333 g/mol. The summed E-state index contributed by atoms with van der Waals surface area (Å²) in [5, 5.41) is 18.1. The number of thiazole rings is 1. The first-order chi connectivity index (χ1) is 11.2. The van der Waals surface area contributed by atoms with Crippen LogP contribution in [0.2, 0.25) is 0 Å². The van der Waals surface area contributed by atoms with Crippen molar-refractivity contribution in [2.45, 2.75) is 39.3 Å². The number of rotatable bonds is 8. The summed E-state index contributed by atoms with van der Waals surface area (Å²) in [6, 6.07) is 7.35. The molecule has 0 spiro atoms. The maximum atomic E-state index is 11.8. The van der Waals surface area contributed by atoms with Gasteiger partial charge in [-0.15, -0.1) is 11.3 Å². The maximum absolute atomic E-state index is 11.8. The van der Waals surface area contributed by atoms with E-state index >= 15 is 0 Å². The molecule has 2 rings (SSSR count). The molecular weight excluding hydrogens is 310 g/mol. The summed E-state index contributed by atoms with van der Waals surface area (Å²) in [5.41, 5.74) is 2.85. The number of hydrogen-bond acceptors (Lipinski definition) is 4. The zero-order valence-corrected chi connectivity index (χ0v) is 14.2. The van der Waals surface area contributed by atoms with E-state index in [4.69, 9.17) is 0 Å². The minimum atomic E-state index is -0.178. The second-order valence-electron chi connectivity index (χ2n) is 5.38. The molecule has 23 heavy (non-hydrogen) atoms. The Morgan fingerprint density at radius 2 is 2.00 bits per heavy atom. The molecular formula is C17H23N3O2S. The van der Waals surface area contributed by atoms with Crippen LogP contribution in [0, 0.1) is 6.92 Å². The molecule has 1 heterocycles. The van der Waals surface area contributed by atoms with Gasteiger partial charge in [0.25, 0.3) is 0 Å². The number of amides is 2. The number of aryl methyl sites for hydroxylation is 2. The number of nitrogens with zero attached hydrogens (tertiary/aromatic N) is 1. The number of urea groups is 1. The molecule has 3 N–H and O–H groups in total. The summed E-state index contributed by atoms with van der Waals surface area (Å²) in [4.78, 5) is 16.2. The molecule has 124 valence electrons. The number of unbranched alkanes of at least 4 members (excludes halogenated alkanes) is 1. The highest BCUT2D eigenvalue weighted by molar-refractivity contribution is 7.09. The molecule has 0 aliphatic carbocycles. The Labute approximate surface area is 140 Å². The first kappa shape index (κ1) is 17.4. The van der Waals surface area contributed by atoms with Gasteiger partial charge in [0, 0.05) is 24.2 Å². The predicted octanol–water partition coefficient (Wildman–Crippen LogP) is 2.77. The quantitative estimate of drug-likeness (QED) is 0.650. The van der Waals surface area contributed by atoms with Crippen LogP contribution in [0.4, 0.5) is 4.79 Å². The minimum absolute atomic E-state index is 0.0182. The molecule has 1 aromatic heterocycles. The first-order valence-electron chi connectivity index (χ1n) is 7.79. The largest absolute Gasteiger partial charge is 0.392 e. The van der Waals surface area contributed by atoms with E-state index in [0.29, 0.717) is 13.1 Å². The van der Waals surface area contributed by atoms with Crippen molar-refractivity contribution in [2.24, 2.45) is 0 Å². The van der Waals surface area contributed by atoms with Gasteiger partial charge in [-0.2, -0.15) is 0 Å². The van der Waals surface area contributed by atoms with Crippen molar-refractivity contribution in [1.29, 1.82) is 0 Å². The highest BCUT2D eigenvalue weighted by Crippen LogP contribution is 2.11. The number of aliphatic hydroxyl groups excluding tert-OH is 1. The van der Waals surface area contributed by atoms with E-state index in [2.05, 4.69) is 21.0 Å². The number of benzene rings is 1. The van der Waals surface area contributed by atoms with E-state index in [0.717, 1.165) is 41.1 Å². The number of carbonyl (C=O) groups excluding carboxylic acids is 1. The van der Waals surface area contributed by atoms with E-state index in [1.807, 2.05) is 31.2 Å². The lowest BCUT2D eigenvalue weighted by atomic mass is 10.1. The predicted molar refractivity (Wildman–Crippen MR) is 92.4 cm³/mol. The maximum Gasteiger partial charge on any atom is 0.315 e. The normalized spacial score (nSPS) is 10.5. The van der Waals surface area contributed by atoms with Crippen molar-refractivity contribution in [3.05, 3.63) is 51.5 Å². The first-order valence-corrected chi connectivity index (χ1v) is 8.67. The highest BCUT2D eigenvalue weighted by Gasteiger charge is 2.04. The second-order valence-corrected chi connectivity index (χ2v) is 6.32. The topological polar surface area (TPSA) is 74.2 Å². The SMILES string of the molecule is Cc1csc(CCCCNC(=O)NCc2ccccc2CO)n1. The third kappa shape index (κ3) is 6.00. The Morgan fingerprint density at radius 1 is 1.22 bits per heavy atom. The van der Waals surface area contributed by atoms with Crippen molar-refractivity contribution in [1.82, 2.24) is 15.6 Å². The average molecular weight is 333 g/mol. The van der Waals surface area contributed by atoms with Crippen LogP contribution in [0.25, 0.3) is 0 Å². The van der Waals surface area contributed by atoms with Gasteiger partial charge in [-0.05, 0) is 37.3 Å². The molecule has 0 unspecified atom stereocenters. The Hall–Kier alpha value is -1.92.